The van der Waals surface area contributed by atoms with Crippen LogP contribution in [0.25, 0.3) is 11.0 Å². The van der Waals surface area contributed by atoms with Crippen molar-refractivity contribution in [3.8, 4) is 0 Å². The minimum absolute atomic E-state index is 0.00818. The minimum Gasteiger partial charge on any atom is -0.345 e. The molecule has 5 heteroatoms. The van der Waals surface area contributed by atoms with E-state index in [9.17, 15) is 4.79 Å². The zero-order valence-corrected chi connectivity index (χ0v) is 15.0. The van der Waals surface area contributed by atoms with E-state index in [-0.39, 0.29) is 11.9 Å². The number of hydrogen-bond acceptors (Lipinski definition) is 3. The Balaban J connectivity index is 1.59. The number of nitrogens with zero attached hydrogens (tertiary/aromatic N) is 1. The van der Waals surface area contributed by atoms with Gasteiger partial charge < -0.3 is 10.3 Å². The molecule has 4 rings (SSSR count). The van der Waals surface area contributed by atoms with Gasteiger partial charge in [0.05, 0.1) is 23.5 Å². The van der Waals surface area contributed by atoms with Crippen molar-refractivity contribution < 1.29 is 4.79 Å². The standard InChI is InChI=1S/C21H19N3OS/c25-20(14-16-9-6-12-26-16)22-19(13-15-7-2-1-3-8-15)21-23-17-10-4-5-11-18(17)24-21/h1-12,19H,13-14H2,(H,22,25)(H,23,24)/t19-/m0/s1. The highest BCUT2D eigenvalue weighted by atomic mass is 32.1. The van der Waals surface area contributed by atoms with Crippen LogP contribution in [0.15, 0.2) is 72.1 Å². The van der Waals surface area contributed by atoms with Crippen LogP contribution < -0.4 is 5.32 Å². The SMILES string of the molecule is O=C(Cc1cccs1)N[C@@H](Cc1ccccc1)c1nc2ccccc2[nH]1. The van der Waals surface area contributed by atoms with E-state index in [2.05, 4.69) is 22.4 Å². The van der Waals surface area contributed by atoms with E-state index in [1.165, 1.54) is 0 Å². The minimum atomic E-state index is -0.197. The Kier molecular flexibility index (Phi) is 4.80. The Bertz CT molecular complexity index is 959. The number of rotatable bonds is 6. The van der Waals surface area contributed by atoms with Gasteiger partial charge in [0, 0.05) is 4.88 Å². The molecule has 0 bridgehead atoms. The first-order chi connectivity index (χ1) is 12.8. The average molecular weight is 361 g/mol. The first kappa shape index (κ1) is 16.5. The van der Waals surface area contributed by atoms with Crippen molar-refractivity contribution in [3.63, 3.8) is 0 Å². The van der Waals surface area contributed by atoms with Crippen molar-refractivity contribution in [2.45, 2.75) is 18.9 Å². The number of H-pyrrole nitrogens is 1. The second-order valence-corrected chi connectivity index (χ2v) is 7.24. The number of amides is 1. The van der Waals surface area contributed by atoms with Crippen molar-refractivity contribution in [3.05, 3.63) is 88.4 Å². The van der Waals surface area contributed by atoms with Gasteiger partial charge >= 0.3 is 0 Å². The second kappa shape index (κ2) is 7.54. The fraction of sp³-hybridized carbons (Fsp3) is 0.143. The number of hydrogen-bond donors (Lipinski definition) is 2. The molecule has 26 heavy (non-hydrogen) atoms. The van der Waals surface area contributed by atoms with Gasteiger partial charge in [-0.3, -0.25) is 4.79 Å². The zero-order valence-electron chi connectivity index (χ0n) is 14.2. The number of fused-ring (bicyclic) bond motifs is 1. The molecule has 2 heterocycles. The number of carbonyl (C=O) groups is 1. The Morgan fingerprint density at radius 2 is 1.85 bits per heavy atom. The lowest BCUT2D eigenvalue weighted by molar-refractivity contribution is -0.121. The highest BCUT2D eigenvalue weighted by molar-refractivity contribution is 7.10. The number of para-hydroxylation sites is 2. The molecule has 1 atom stereocenters. The number of nitrogens with one attached hydrogen (secondary N) is 2. The predicted octanol–water partition coefficient (Wildman–Crippen LogP) is 4.27. The third-order valence-corrected chi connectivity index (χ3v) is 5.15. The van der Waals surface area contributed by atoms with Gasteiger partial charge in [0.25, 0.3) is 0 Å². The quantitative estimate of drug-likeness (QED) is 0.539. The molecule has 4 nitrogen and oxygen atoms in total. The first-order valence-corrected chi connectivity index (χ1v) is 9.46. The van der Waals surface area contributed by atoms with Crippen LogP contribution in [0.1, 0.15) is 22.3 Å². The summed E-state index contributed by atoms with van der Waals surface area (Å²) in [4.78, 5) is 21.7. The molecule has 4 aromatic rings. The Hall–Kier alpha value is -2.92. The van der Waals surface area contributed by atoms with Crippen LogP contribution in [0.3, 0.4) is 0 Å². The summed E-state index contributed by atoms with van der Waals surface area (Å²) in [6.07, 6.45) is 1.08. The topological polar surface area (TPSA) is 57.8 Å². The molecule has 0 radical (unpaired) electrons. The van der Waals surface area contributed by atoms with Crippen molar-refractivity contribution in [1.29, 1.82) is 0 Å². The normalized spacial score (nSPS) is 12.2. The maximum absolute atomic E-state index is 12.6. The molecule has 0 unspecified atom stereocenters. The molecule has 2 aromatic carbocycles. The van der Waals surface area contributed by atoms with Gasteiger partial charge in [0.1, 0.15) is 5.82 Å². The molecule has 0 aliphatic carbocycles. The highest BCUT2D eigenvalue weighted by Crippen LogP contribution is 2.20. The molecular weight excluding hydrogens is 342 g/mol. The fourth-order valence-electron chi connectivity index (χ4n) is 3.02. The maximum atomic E-state index is 12.6. The number of aromatic amines is 1. The number of benzene rings is 2. The lowest BCUT2D eigenvalue weighted by Gasteiger charge is -2.17. The Labute approximate surface area is 155 Å². The number of aromatic nitrogens is 2. The van der Waals surface area contributed by atoms with Crippen molar-refractivity contribution in [2.75, 3.05) is 0 Å². The molecule has 2 aromatic heterocycles. The van der Waals surface area contributed by atoms with E-state index in [1.807, 2.05) is 60.0 Å². The monoisotopic (exact) mass is 361 g/mol. The van der Waals surface area contributed by atoms with E-state index in [0.717, 1.165) is 27.3 Å². The fourth-order valence-corrected chi connectivity index (χ4v) is 3.72. The second-order valence-electron chi connectivity index (χ2n) is 6.21. The van der Waals surface area contributed by atoms with Gasteiger partial charge in [-0.05, 0) is 35.6 Å². The van der Waals surface area contributed by atoms with Crippen molar-refractivity contribution in [1.82, 2.24) is 15.3 Å². The van der Waals surface area contributed by atoms with E-state index >= 15 is 0 Å². The Morgan fingerprint density at radius 1 is 1.04 bits per heavy atom. The van der Waals surface area contributed by atoms with Crippen molar-refractivity contribution in [2.24, 2.45) is 0 Å². The number of carbonyl (C=O) groups excluding carboxylic acids is 1. The molecule has 1 amide bonds. The summed E-state index contributed by atoms with van der Waals surface area (Å²) in [5.74, 6) is 0.795. The summed E-state index contributed by atoms with van der Waals surface area (Å²) in [5.41, 5.74) is 3.05. The summed E-state index contributed by atoms with van der Waals surface area (Å²) >= 11 is 1.60. The number of imidazole rings is 1. The van der Waals surface area contributed by atoms with Gasteiger partial charge in [0.15, 0.2) is 0 Å². The summed E-state index contributed by atoms with van der Waals surface area (Å²) in [5, 5.41) is 5.14. The van der Waals surface area contributed by atoms with Gasteiger partial charge in [0.2, 0.25) is 5.91 Å². The van der Waals surface area contributed by atoms with Crippen LogP contribution in [0.5, 0.6) is 0 Å². The van der Waals surface area contributed by atoms with E-state index in [1.54, 1.807) is 11.3 Å². The Morgan fingerprint density at radius 3 is 2.62 bits per heavy atom. The zero-order chi connectivity index (χ0) is 17.8. The van der Waals surface area contributed by atoms with Gasteiger partial charge in [-0.2, -0.15) is 0 Å². The third kappa shape index (κ3) is 3.83. The summed E-state index contributed by atoms with van der Waals surface area (Å²) in [6.45, 7) is 0. The lowest BCUT2D eigenvalue weighted by atomic mass is 10.1. The van der Waals surface area contributed by atoms with Crippen LogP contribution in [0, 0.1) is 0 Å². The van der Waals surface area contributed by atoms with E-state index in [4.69, 9.17) is 4.98 Å². The van der Waals surface area contributed by atoms with Crippen LogP contribution in [-0.4, -0.2) is 15.9 Å². The third-order valence-electron chi connectivity index (χ3n) is 4.27. The summed E-state index contributed by atoms with van der Waals surface area (Å²) < 4.78 is 0. The molecule has 0 aliphatic rings. The summed E-state index contributed by atoms with van der Waals surface area (Å²) in [6, 6.07) is 21.8. The van der Waals surface area contributed by atoms with E-state index in [0.29, 0.717) is 12.8 Å². The number of thiophene rings is 1. The average Bonchev–Trinajstić information content (AvgIpc) is 3.31. The molecule has 2 N–H and O–H groups in total. The molecule has 0 saturated carbocycles. The first-order valence-electron chi connectivity index (χ1n) is 8.58. The summed E-state index contributed by atoms with van der Waals surface area (Å²) in [7, 11) is 0. The molecule has 0 aliphatic heterocycles. The van der Waals surface area contributed by atoms with E-state index < -0.39 is 0 Å². The predicted molar refractivity (Wildman–Crippen MR) is 105 cm³/mol. The van der Waals surface area contributed by atoms with Gasteiger partial charge in [-0.15, -0.1) is 11.3 Å². The maximum Gasteiger partial charge on any atom is 0.225 e. The van der Waals surface area contributed by atoms with Crippen LogP contribution in [-0.2, 0) is 17.6 Å². The van der Waals surface area contributed by atoms with Crippen molar-refractivity contribution >= 4 is 28.3 Å². The van der Waals surface area contributed by atoms with Gasteiger partial charge in [-0.25, -0.2) is 4.98 Å². The van der Waals surface area contributed by atoms with Gasteiger partial charge in [-0.1, -0.05) is 48.5 Å². The van der Waals surface area contributed by atoms with Crippen LogP contribution >= 0.6 is 11.3 Å². The lowest BCUT2D eigenvalue weighted by Crippen LogP contribution is -2.31. The van der Waals surface area contributed by atoms with Crippen LogP contribution in [0.4, 0.5) is 0 Å². The highest BCUT2D eigenvalue weighted by Gasteiger charge is 2.19. The molecule has 0 saturated heterocycles. The molecule has 0 spiro atoms. The van der Waals surface area contributed by atoms with Crippen LogP contribution in [0.2, 0.25) is 0 Å². The molecule has 130 valence electrons. The molecular formula is C21H19N3OS. The largest absolute Gasteiger partial charge is 0.345 e. The smallest absolute Gasteiger partial charge is 0.225 e. The molecule has 0 fully saturated rings.